The summed E-state index contributed by atoms with van der Waals surface area (Å²) in [5.41, 5.74) is 3.40. The largest absolute Gasteiger partial charge is 0.508 e. The van der Waals surface area contributed by atoms with E-state index in [0.29, 0.717) is 25.2 Å². The van der Waals surface area contributed by atoms with Crippen molar-refractivity contribution in [3.05, 3.63) is 53.3 Å². The third-order valence-corrected chi connectivity index (χ3v) is 4.86. The molecule has 0 bridgehead atoms. The van der Waals surface area contributed by atoms with Crippen LogP contribution in [0.2, 0.25) is 0 Å². The summed E-state index contributed by atoms with van der Waals surface area (Å²) in [4.78, 5) is 32.3. The molecule has 0 fully saturated rings. The Morgan fingerprint density at radius 1 is 1.09 bits per heavy atom. The molecule has 1 heterocycles. The van der Waals surface area contributed by atoms with Crippen LogP contribution in [0.25, 0.3) is 6.08 Å². The molecule has 1 aromatic carbocycles. The van der Waals surface area contributed by atoms with Gasteiger partial charge in [0, 0.05) is 19.2 Å². The van der Waals surface area contributed by atoms with E-state index in [1.165, 1.54) is 6.07 Å². The second-order valence-corrected chi connectivity index (χ2v) is 7.68. The second kappa shape index (κ2) is 14.0. The minimum atomic E-state index is -0.696. The Balaban J connectivity index is 2.27. The number of nitrogens with zero attached hydrogens (tertiary/aromatic N) is 1. The average Bonchev–Trinajstić information content (AvgIpc) is 2.76. The van der Waals surface area contributed by atoms with Gasteiger partial charge in [-0.1, -0.05) is 32.1 Å². The Kier molecular flexibility index (Phi) is 11.0. The number of hydroxylamine groups is 1. The molecule has 1 aliphatic rings. The van der Waals surface area contributed by atoms with Crippen molar-refractivity contribution < 1.29 is 29.4 Å². The van der Waals surface area contributed by atoms with E-state index in [4.69, 9.17) is 9.57 Å². The number of rotatable bonds is 8. The summed E-state index contributed by atoms with van der Waals surface area (Å²) in [6, 6.07) is 2.44. The quantitative estimate of drug-likeness (QED) is 0.306. The molecule has 1 aromatic rings. The number of amides is 1. The Bertz CT molecular complexity index is 885. The first-order valence-electron chi connectivity index (χ1n) is 11.4. The number of phenols is 2. The molecule has 0 atom stereocenters. The molecule has 0 unspecified atom stereocenters. The summed E-state index contributed by atoms with van der Waals surface area (Å²) in [5, 5.41) is 20.2. The normalized spacial score (nSPS) is 16.2. The van der Waals surface area contributed by atoms with Gasteiger partial charge in [-0.3, -0.25) is 15.1 Å². The smallest absolute Gasteiger partial charge is 0.342 e. The van der Waals surface area contributed by atoms with Crippen LogP contribution in [0.15, 0.2) is 42.1 Å². The number of phenolic OH excluding ortho intramolecular Hbond substituents is 2. The number of benzene rings is 1. The monoisotopic (exact) mass is 458 g/mol. The SMILES string of the molecule is CCCN(CCC)C(=O)CON/C1=C\c2cc(O)cc(O)c2C(=O)OCCC=CCCC=C1. The van der Waals surface area contributed by atoms with Crippen LogP contribution in [-0.2, 0) is 14.4 Å². The summed E-state index contributed by atoms with van der Waals surface area (Å²) < 4.78 is 5.27. The Morgan fingerprint density at radius 2 is 1.79 bits per heavy atom. The molecule has 8 nitrogen and oxygen atoms in total. The van der Waals surface area contributed by atoms with Crippen molar-refractivity contribution >= 4 is 18.0 Å². The van der Waals surface area contributed by atoms with Gasteiger partial charge in [-0.25, -0.2) is 4.79 Å². The maximum absolute atomic E-state index is 12.6. The lowest BCUT2D eigenvalue weighted by atomic mass is 10.0. The molecule has 1 aliphatic heterocycles. The van der Waals surface area contributed by atoms with E-state index in [0.717, 1.165) is 31.7 Å². The van der Waals surface area contributed by atoms with Crippen LogP contribution in [0.5, 0.6) is 11.5 Å². The Hall–Kier alpha value is -3.26. The van der Waals surface area contributed by atoms with Crippen molar-refractivity contribution in [1.82, 2.24) is 10.4 Å². The fourth-order valence-electron chi connectivity index (χ4n) is 3.35. The highest BCUT2D eigenvalue weighted by Crippen LogP contribution is 2.29. The molecule has 0 radical (unpaired) electrons. The number of fused-ring (bicyclic) bond motifs is 1. The van der Waals surface area contributed by atoms with Crippen LogP contribution in [0.3, 0.4) is 0 Å². The standard InChI is InChI=1S/C25H34N2O6/c1-3-12-27(13-4-2)23(30)18-33-26-20-11-9-7-5-6-8-10-14-32-25(31)24-19(15-20)16-21(28)17-22(24)29/h6,8-9,11,15-17,26,28-29H,3-5,7,10,12-14,18H2,1-2H3/b8-6?,11-9?,20-15-. The van der Waals surface area contributed by atoms with Gasteiger partial charge in [0.2, 0.25) is 0 Å². The van der Waals surface area contributed by atoms with Crippen molar-refractivity contribution in [1.29, 1.82) is 0 Å². The third kappa shape index (κ3) is 8.65. The number of esters is 1. The number of hydrogen-bond acceptors (Lipinski definition) is 7. The zero-order valence-electron chi connectivity index (χ0n) is 19.4. The predicted octanol–water partition coefficient (Wildman–Crippen LogP) is 4.06. The molecule has 0 saturated heterocycles. The topological polar surface area (TPSA) is 108 Å². The lowest BCUT2D eigenvalue weighted by Gasteiger charge is -2.21. The van der Waals surface area contributed by atoms with Gasteiger partial charge in [0.15, 0.2) is 6.61 Å². The Labute approximate surface area is 195 Å². The highest BCUT2D eigenvalue weighted by Gasteiger charge is 2.19. The number of allylic oxidation sites excluding steroid dienone is 3. The second-order valence-electron chi connectivity index (χ2n) is 7.68. The number of hydrogen-bond donors (Lipinski definition) is 3. The summed E-state index contributed by atoms with van der Waals surface area (Å²) in [5.74, 6) is -1.41. The molecular formula is C25H34N2O6. The zero-order chi connectivity index (χ0) is 24.1. The number of carbonyl (C=O) groups is 2. The molecule has 1 amide bonds. The summed E-state index contributed by atoms with van der Waals surface area (Å²) >= 11 is 0. The Morgan fingerprint density at radius 3 is 2.52 bits per heavy atom. The van der Waals surface area contributed by atoms with Gasteiger partial charge in [0.05, 0.1) is 12.3 Å². The van der Waals surface area contributed by atoms with Gasteiger partial charge >= 0.3 is 5.97 Å². The van der Waals surface area contributed by atoms with Crippen molar-refractivity contribution in [2.45, 2.75) is 46.0 Å². The lowest BCUT2D eigenvalue weighted by Crippen LogP contribution is -2.36. The lowest BCUT2D eigenvalue weighted by molar-refractivity contribution is -0.138. The molecule has 33 heavy (non-hydrogen) atoms. The van der Waals surface area contributed by atoms with Crippen LogP contribution in [0, 0.1) is 0 Å². The van der Waals surface area contributed by atoms with Gasteiger partial charge in [0.1, 0.15) is 17.1 Å². The molecule has 180 valence electrons. The molecule has 8 heteroatoms. The maximum atomic E-state index is 12.6. The van der Waals surface area contributed by atoms with Crippen LogP contribution < -0.4 is 5.48 Å². The van der Waals surface area contributed by atoms with Gasteiger partial charge in [-0.05, 0) is 55.9 Å². The maximum Gasteiger partial charge on any atom is 0.342 e. The number of ether oxygens (including phenoxy) is 1. The van der Waals surface area contributed by atoms with E-state index in [-0.39, 0.29) is 41.7 Å². The van der Waals surface area contributed by atoms with E-state index in [2.05, 4.69) is 5.48 Å². The van der Waals surface area contributed by atoms with E-state index in [9.17, 15) is 19.8 Å². The van der Waals surface area contributed by atoms with E-state index in [1.54, 1.807) is 17.1 Å². The fourth-order valence-corrected chi connectivity index (χ4v) is 3.35. The first-order valence-corrected chi connectivity index (χ1v) is 11.4. The predicted molar refractivity (Wildman–Crippen MR) is 126 cm³/mol. The van der Waals surface area contributed by atoms with Crippen LogP contribution in [-0.4, -0.2) is 53.3 Å². The molecule has 3 N–H and O–H groups in total. The zero-order valence-corrected chi connectivity index (χ0v) is 19.4. The first kappa shape index (κ1) is 26.0. The van der Waals surface area contributed by atoms with Crippen molar-refractivity contribution in [2.75, 3.05) is 26.3 Å². The van der Waals surface area contributed by atoms with Crippen LogP contribution in [0.4, 0.5) is 0 Å². The first-order chi connectivity index (χ1) is 16.0. The number of nitrogens with one attached hydrogen (secondary N) is 1. The highest BCUT2D eigenvalue weighted by atomic mass is 16.6. The summed E-state index contributed by atoms with van der Waals surface area (Å²) in [7, 11) is 0. The highest BCUT2D eigenvalue weighted by molar-refractivity contribution is 5.97. The number of carbonyl (C=O) groups excluding carboxylic acids is 2. The molecular weight excluding hydrogens is 424 g/mol. The average molecular weight is 459 g/mol. The van der Waals surface area contributed by atoms with Gasteiger partial charge in [-0.2, -0.15) is 0 Å². The molecule has 0 aromatic heterocycles. The molecule has 0 spiro atoms. The number of cyclic esters (lactones) is 1. The van der Waals surface area contributed by atoms with Gasteiger partial charge < -0.3 is 19.8 Å². The van der Waals surface area contributed by atoms with E-state index < -0.39 is 5.97 Å². The van der Waals surface area contributed by atoms with Crippen molar-refractivity contribution in [3.63, 3.8) is 0 Å². The van der Waals surface area contributed by atoms with Gasteiger partial charge in [0.25, 0.3) is 5.91 Å². The minimum absolute atomic E-state index is 0.0605. The minimum Gasteiger partial charge on any atom is -0.508 e. The third-order valence-electron chi connectivity index (χ3n) is 4.86. The van der Waals surface area contributed by atoms with Crippen molar-refractivity contribution in [2.24, 2.45) is 0 Å². The van der Waals surface area contributed by atoms with Gasteiger partial charge in [-0.15, -0.1) is 0 Å². The molecule has 0 saturated carbocycles. The summed E-state index contributed by atoms with van der Waals surface area (Å²) in [6.07, 6.45) is 13.1. The number of aromatic hydroxyl groups is 2. The van der Waals surface area contributed by atoms with Crippen LogP contribution in [0.1, 0.15) is 61.9 Å². The van der Waals surface area contributed by atoms with E-state index >= 15 is 0 Å². The van der Waals surface area contributed by atoms with Crippen LogP contribution >= 0.6 is 0 Å². The summed E-state index contributed by atoms with van der Waals surface area (Å²) in [6.45, 7) is 5.38. The van der Waals surface area contributed by atoms with Crippen molar-refractivity contribution in [3.8, 4) is 11.5 Å². The fraction of sp³-hybridized carbons (Fsp3) is 0.440. The molecule has 2 rings (SSSR count). The molecule has 0 aliphatic carbocycles. The van der Waals surface area contributed by atoms with E-state index in [1.807, 2.05) is 32.1 Å².